The highest BCUT2D eigenvalue weighted by Crippen LogP contribution is 2.53. The molecule has 0 spiro atoms. The maximum atomic E-state index is 9.78. The average Bonchev–Trinajstić information content (AvgIpc) is 3.51. The summed E-state index contributed by atoms with van der Waals surface area (Å²) < 4.78 is 9.78. The molecule has 0 saturated heterocycles. The van der Waals surface area contributed by atoms with Crippen molar-refractivity contribution in [2.75, 3.05) is 0 Å². The highest BCUT2D eigenvalue weighted by molar-refractivity contribution is 8.00. The van der Waals surface area contributed by atoms with E-state index in [0.29, 0.717) is 0 Å². The smallest absolute Gasteiger partial charge is 0.0896 e. The van der Waals surface area contributed by atoms with Crippen molar-refractivity contribution >= 4 is 42.0 Å². The summed E-state index contributed by atoms with van der Waals surface area (Å²) >= 11 is 3.89. The lowest BCUT2D eigenvalue weighted by atomic mass is 9.76. The van der Waals surface area contributed by atoms with Gasteiger partial charge in [0.25, 0.3) is 0 Å². The average molecular weight is 654 g/mol. The second kappa shape index (κ2) is 11.0. The molecule has 5 aromatic rings. The molecule has 3 aliphatic rings. The summed E-state index contributed by atoms with van der Waals surface area (Å²) in [6, 6.07) is 39.2. The van der Waals surface area contributed by atoms with E-state index in [4.69, 9.17) is 0 Å². The second-order valence-corrected chi connectivity index (χ2v) is 21.5. The summed E-state index contributed by atoms with van der Waals surface area (Å²) in [4.78, 5) is 5.55. The normalized spacial score (nSPS) is 19.0. The molecule has 2 heterocycles. The summed E-state index contributed by atoms with van der Waals surface area (Å²) in [5.41, 5.74) is 9.33. The molecule has 46 heavy (non-hydrogen) atoms. The maximum Gasteiger partial charge on any atom is 0.113 e. The van der Waals surface area contributed by atoms with Crippen LogP contribution in [0, 0.1) is 0 Å². The van der Waals surface area contributed by atoms with E-state index in [2.05, 4.69) is 144 Å². The topological polar surface area (TPSA) is 0 Å². The van der Waals surface area contributed by atoms with E-state index in [1.165, 1.54) is 68.9 Å². The Morgan fingerprint density at radius 2 is 1.15 bits per heavy atom. The molecule has 1 aliphatic carbocycles. The van der Waals surface area contributed by atoms with Crippen molar-refractivity contribution in [2.45, 2.75) is 103 Å². The van der Waals surface area contributed by atoms with Gasteiger partial charge in [-0.3, -0.25) is 0 Å². The summed E-state index contributed by atoms with van der Waals surface area (Å²) in [7, 11) is -2.18. The van der Waals surface area contributed by atoms with Crippen molar-refractivity contribution in [1.29, 1.82) is 0 Å². The van der Waals surface area contributed by atoms with Gasteiger partial charge >= 0.3 is 0 Å². The molecule has 2 aliphatic heterocycles. The van der Waals surface area contributed by atoms with Crippen LogP contribution < -0.4 is 10.4 Å². The van der Waals surface area contributed by atoms with Crippen LogP contribution >= 0.6 is 23.5 Å². The highest BCUT2D eigenvalue weighted by atomic mass is 32.2. The Bertz CT molecular complexity index is 2050. The van der Waals surface area contributed by atoms with Crippen LogP contribution in [0.25, 0.3) is 11.1 Å². The predicted molar refractivity (Wildman–Crippen MR) is 202 cm³/mol. The first kappa shape index (κ1) is 29.2. The van der Waals surface area contributed by atoms with Gasteiger partial charge in [-0.15, -0.1) is 0 Å². The van der Waals surface area contributed by atoms with Gasteiger partial charge in [0.15, 0.2) is 0 Å². The fourth-order valence-electron chi connectivity index (χ4n) is 8.33. The van der Waals surface area contributed by atoms with Gasteiger partial charge in [0.1, 0.15) is 8.07 Å². The van der Waals surface area contributed by atoms with Gasteiger partial charge in [0.2, 0.25) is 0 Å². The van der Waals surface area contributed by atoms with Crippen LogP contribution in [0.3, 0.4) is 0 Å². The standard InChI is InChI=1S/C43H44S2Si/c1-42(2)33-18-9-11-22-37(33)44-40-31(17-13-20-35(40)42)32-27-29(25-26-30(32)28-15-7-8-16-28)46(5,6)39-24-14-21-36-41(39)45-38-23-12-10-19-34(38)43(36,3)4/h9-14,17-28H,7-8,15-16H2,1-6H3/i28D. The van der Waals surface area contributed by atoms with E-state index >= 15 is 0 Å². The number of hydrogen-bond donors (Lipinski definition) is 0. The van der Waals surface area contributed by atoms with Gasteiger partial charge in [-0.05, 0) is 75.0 Å². The molecule has 0 nitrogen and oxygen atoms in total. The van der Waals surface area contributed by atoms with E-state index in [-0.39, 0.29) is 10.8 Å². The van der Waals surface area contributed by atoms with Crippen molar-refractivity contribution in [1.82, 2.24) is 0 Å². The van der Waals surface area contributed by atoms with E-state index < -0.39 is 14.0 Å². The zero-order valence-electron chi connectivity index (χ0n) is 29.0. The van der Waals surface area contributed by atoms with Crippen molar-refractivity contribution in [2.24, 2.45) is 0 Å². The first-order valence-corrected chi connectivity index (χ1v) is 21.5. The molecule has 0 amide bonds. The zero-order valence-corrected chi connectivity index (χ0v) is 30.6. The van der Waals surface area contributed by atoms with Gasteiger partial charge < -0.3 is 0 Å². The lowest BCUT2D eigenvalue weighted by Gasteiger charge is -2.38. The number of hydrogen-bond acceptors (Lipinski definition) is 2. The van der Waals surface area contributed by atoms with Crippen molar-refractivity contribution in [3.05, 3.63) is 131 Å². The maximum absolute atomic E-state index is 9.78. The van der Waals surface area contributed by atoms with Gasteiger partial charge in [-0.2, -0.15) is 0 Å². The molecular formula is C43H44S2Si. The molecular weight excluding hydrogens is 609 g/mol. The third-order valence-electron chi connectivity index (χ3n) is 11.2. The third-order valence-corrected chi connectivity index (χ3v) is 17.4. The van der Waals surface area contributed by atoms with E-state index in [9.17, 15) is 1.37 Å². The molecule has 0 bridgehead atoms. The predicted octanol–water partition coefficient (Wildman–Crippen LogP) is 11.4. The second-order valence-electron chi connectivity index (χ2n) is 15.0. The van der Waals surface area contributed by atoms with Crippen LogP contribution in [0.15, 0.2) is 123 Å². The first-order chi connectivity index (χ1) is 22.4. The largest absolute Gasteiger partial charge is 0.113 e. The quantitative estimate of drug-likeness (QED) is 0.177. The zero-order chi connectivity index (χ0) is 32.8. The van der Waals surface area contributed by atoms with Gasteiger partial charge in [0, 0.05) is 31.8 Å². The molecule has 0 radical (unpaired) electrons. The molecule has 232 valence electrons. The Hall–Kier alpha value is -2.98. The molecule has 1 saturated carbocycles. The Morgan fingerprint density at radius 1 is 0.609 bits per heavy atom. The number of benzene rings is 5. The lowest BCUT2D eigenvalue weighted by molar-refractivity contribution is 0.608. The van der Waals surface area contributed by atoms with Gasteiger partial charge in [0.05, 0.1) is 0 Å². The van der Waals surface area contributed by atoms with Crippen LogP contribution in [0.4, 0.5) is 0 Å². The Morgan fingerprint density at radius 3 is 1.80 bits per heavy atom. The molecule has 8 rings (SSSR count). The molecule has 0 aromatic heterocycles. The molecule has 0 N–H and O–H groups in total. The van der Waals surface area contributed by atoms with E-state index in [0.717, 1.165) is 25.7 Å². The van der Waals surface area contributed by atoms with Crippen molar-refractivity contribution in [3.63, 3.8) is 0 Å². The van der Waals surface area contributed by atoms with E-state index in [1.807, 2.05) is 23.5 Å². The molecule has 1 fully saturated rings. The SMILES string of the molecule is [2H]C1(c2ccc([Si](C)(C)c3cccc4c3Sc3ccccc3C4(C)C)cc2-c2cccc3c2Sc2ccccc2C3(C)C)CCCC1. The number of rotatable bonds is 4. The van der Waals surface area contributed by atoms with Crippen LogP contribution in [-0.4, -0.2) is 8.07 Å². The molecule has 3 heteroatoms. The summed E-state index contributed by atoms with van der Waals surface area (Å²) in [5, 5.41) is 2.96. The fraction of sp³-hybridized carbons (Fsp3) is 0.302. The third kappa shape index (κ3) is 4.64. The van der Waals surface area contributed by atoms with Crippen molar-refractivity contribution in [3.8, 4) is 11.1 Å². The number of fused-ring (bicyclic) bond motifs is 4. The first-order valence-electron chi connectivity index (χ1n) is 17.4. The van der Waals surface area contributed by atoms with Crippen LogP contribution in [0.5, 0.6) is 0 Å². The molecule has 0 atom stereocenters. The van der Waals surface area contributed by atoms with Gasteiger partial charge in [-0.25, -0.2) is 0 Å². The van der Waals surface area contributed by atoms with Crippen molar-refractivity contribution < 1.29 is 1.37 Å². The molecule has 5 aromatic carbocycles. The minimum Gasteiger partial charge on any atom is -0.0896 e. The van der Waals surface area contributed by atoms with E-state index in [1.54, 1.807) is 0 Å². The van der Waals surface area contributed by atoms with Gasteiger partial charge in [-0.1, -0.05) is 173 Å². The van der Waals surface area contributed by atoms with Crippen LogP contribution in [0.1, 0.15) is 88.5 Å². The van der Waals surface area contributed by atoms with Crippen LogP contribution in [-0.2, 0) is 10.8 Å². The molecule has 0 unspecified atom stereocenters. The monoisotopic (exact) mass is 653 g/mol. The fourth-order valence-corrected chi connectivity index (χ4v) is 14.7. The minimum atomic E-state index is -2.18. The Kier molecular flexibility index (Phi) is 7.00. The summed E-state index contributed by atoms with van der Waals surface area (Å²) in [5.74, 6) is -0.537. The Balaban J connectivity index is 1.32. The summed E-state index contributed by atoms with van der Waals surface area (Å²) in [6.45, 7) is 14.6. The van der Waals surface area contributed by atoms with Crippen LogP contribution in [0.2, 0.25) is 13.1 Å². The Labute approximate surface area is 286 Å². The minimum absolute atomic E-state index is 0.0455. The highest BCUT2D eigenvalue weighted by Gasteiger charge is 2.39. The summed E-state index contributed by atoms with van der Waals surface area (Å²) in [6.07, 6.45) is 4.15. The lowest BCUT2D eigenvalue weighted by Crippen LogP contribution is -2.54.